The number of aromatic amines is 1. The quantitative estimate of drug-likeness (QED) is 0.0305. The smallest absolute Gasteiger partial charge is 0.408 e. The minimum atomic E-state index is -1.63. The maximum absolute atomic E-state index is 14.3. The summed E-state index contributed by atoms with van der Waals surface area (Å²) < 4.78 is 10.2. The van der Waals surface area contributed by atoms with Crippen LogP contribution < -0.4 is 53.6 Å². The number of aromatic nitrogens is 1. The number of aliphatic hydroxyl groups excluding tert-OH is 1. The number of nitrogens with two attached hydrogens (primary N) is 1. The topological polar surface area (TPSA) is 377 Å². The molecular formula is C57H84ClN11O14. The van der Waals surface area contributed by atoms with Crippen LogP contribution in [0.2, 0.25) is 0 Å². The average molecular weight is 1180 g/mol. The Morgan fingerprint density at radius 2 is 1.22 bits per heavy atom. The third-order valence-corrected chi connectivity index (χ3v) is 12.9. The van der Waals surface area contributed by atoms with Crippen molar-refractivity contribution >= 4 is 87.7 Å². The number of hydrogen-bond acceptors (Lipinski definition) is 14. The van der Waals surface area contributed by atoms with E-state index in [9.17, 15) is 57.8 Å². The van der Waals surface area contributed by atoms with Gasteiger partial charge in [0.1, 0.15) is 53.9 Å². The zero-order chi connectivity index (χ0) is 62.1. The number of carbonyl (C=O) groups excluding carboxylic acids is 11. The first-order valence-electron chi connectivity index (χ1n) is 27.7. The van der Waals surface area contributed by atoms with Crippen molar-refractivity contribution in [2.45, 2.75) is 181 Å². The highest BCUT2D eigenvalue weighted by atomic mass is 35.5. The zero-order valence-corrected chi connectivity index (χ0v) is 49.7. The van der Waals surface area contributed by atoms with Crippen molar-refractivity contribution in [2.24, 2.45) is 17.6 Å². The van der Waals surface area contributed by atoms with Crippen molar-refractivity contribution in [1.29, 1.82) is 0 Å². The fourth-order valence-electron chi connectivity index (χ4n) is 8.49. The number of H-pyrrole nitrogens is 1. The number of primary amides is 1. The second-order valence-electron chi connectivity index (χ2n) is 22.0. The molecule has 9 atom stereocenters. The van der Waals surface area contributed by atoms with Gasteiger partial charge in [-0.2, -0.15) is 0 Å². The Hall–Kier alpha value is -7.80. The summed E-state index contributed by atoms with van der Waals surface area (Å²) >= 11 is 5.63. The number of aliphatic hydroxyl groups is 1. The van der Waals surface area contributed by atoms with E-state index < -0.39 is 150 Å². The minimum Gasteiger partial charge on any atom is -0.448 e. The highest BCUT2D eigenvalue weighted by Crippen LogP contribution is 2.20. The number of esters is 1. The predicted molar refractivity (Wildman–Crippen MR) is 308 cm³/mol. The van der Waals surface area contributed by atoms with Gasteiger partial charge in [-0.25, -0.2) is 9.59 Å². The lowest BCUT2D eigenvalue weighted by atomic mass is 10.00. The molecule has 0 unspecified atom stereocenters. The molecular weight excluding hydrogens is 1100 g/mol. The number of alkyl carbamates (subject to hydrolysis) is 1. The number of alkyl halides is 1. The van der Waals surface area contributed by atoms with E-state index in [-0.39, 0.29) is 38.0 Å². The van der Waals surface area contributed by atoms with Crippen LogP contribution in [0, 0.1) is 11.8 Å². The van der Waals surface area contributed by atoms with Crippen LogP contribution in [0.3, 0.4) is 0 Å². The number of fused-ring (bicyclic) bond motifs is 1. The number of nitrogens with one attached hydrogen (secondary N) is 10. The van der Waals surface area contributed by atoms with Crippen molar-refractivity contribution in [3.8, 4) is 0 Å². The first-order valence-corrected chi connectivity index (χ1v) is 28.2. The van der Waals surface area contributed by atoms with E-state index in [0.717, 1.165) is 6.42 Å². The van der Waals surface area contributed by atoms with E-state index in [1.807, 2.05) is 20.8 Å². The Morgan fingerprint density at radius 3 is 1.82 bits per heavy atom. The molecule has 0 radical (unpaired) electrons. The summed E-state index contributed by atoms with van der Waals surface area (Å²) in [6.45, 7) is 15.5. The van der Waals surface area contributed by atoms with Gasteiger partial charge in [0.15, 0.2) is 6.07 Å². The molecule has 3 aromatic rings. The van der Waals surface area contributed by atoms with Gasteiger partial charge in [0.25, 0.3) is 0 Å². The summed E-state index contributed by atoms with van der Waals surface area (Å²) in [6, 6.07) is 4.76. The highest BCUT2D eigenvalue weighted by molar-refractivity contribution is 6.17. The zero-order valence-electron chi connectivity index (χ0n) is 48.9. The lowest BCUT2D eigenvalue weighted by Crippen LogP contribution is -2.60. The molecule has 25 nitrogen and oxygen atoms in total. The molecule has 83 heavy (non-hydrogen) atoms. The molecule has 10 amide bonds. The molecule has 1 heterocycles. The summed E-state index contributed by atoms with van der Waals surface area (Å²) in [4.78, 5) is 151. The highest BCUT2D eigenvalue weighted by Gasteiger charge is 2.36. The van der Waals surface area contributed by atoms with Crippen LogP contribution in [0.4, 0.5) is 4.79 Å². The Labute approximate surface area is 488 Å². The van der Waals surface area contributed by atoms with Gasteiger partial charge in [-0.15, -0.1) is 0 Å². The van der Waals surface area contributed by atoms with E-state index >= 15 is 0 Å². The molecule has 0 saturated carbocycles. The van der Waals surface area contributed by atoms with Gasteiger partial charge in [-0.3, -0.25) is 43.2 Å². The van der Waals surface area contributed by atoms with Crippen LogP contribution in [-0.4, -0.2) is 148 Å². The number of ether oxygens (including phenoxy) is 2. The summed E-state index contributed by atoms with van der Waals surface area (Å²) in [5, 5.41) is 34.2. The molecule has 0 saturated heterocycles. The van der Waals surface area contributed by atoms with E-state index in [0.29, 0.717) is 28.5 Å². The van der Waals surface area contributed by atoms with Gasteiger partial charge in [-0.05, 0) is 82.9 Å². The van der Waals surface area contributed by atoms with Gasteiger partial charge in [0.05, 0.1) is 12.6 Å². The number of amides is 10. The SMILES string of the molecule is CCCC[C@H](NC(=O)[C@H](CC(C)C)NC(=O)[C@@H](Cc1ccccc1)NC(=O)CNC(=O)[C@@H](NC(=O)[C@H](C)NC(=O)[C@H](Cc1c[nH]c2ccccc12)NC(=O)[C@H](CCC(N)=O)NC(=O)[C@@H](NC(=O)OC(C)(C)C)[C@@H](C)O)C(C)C)C(=O)OCCl. The van der Waals surface area contributed by atoms with E-state index in [1.165, 1.54) is 13.8 Å². The Morgan fingerprint density at radius 1 is 0.639 bits per heavy atom. The number of carbonyl (C=O) groups is 11. The fraction of sp³-hybridized carbons (Fsp3) is 0.561. The Bertz CT molecular complexity index is 2700. The standard InChI is InChI=1S/C57H84ClN11O14/c1-11-12-21-40(55(80)82-30-58)65-51(76)41(25-31(2)3)66-52(77)42(26-35-18-14-13-15-19-35)63-45(72)29-61-53(78)46(32(4)5)68-48(73)33(6)62-50(75)43(27-36-28-60-38-22-17-16-20-37(36)38)67-49(74)39(23-24-44(59)71)64-54(79)47(34(7)70)69-56(81)83-57(8,9)10/h13-20,22,28,31-34,39-43,46-47,60,70H,11-12,21,23-27,29-30H2,1-10H3,(H2,59,71)(H,61,78)(H,62,75)(H,63,72)(H,64,79)(H,65,76)(H,66,77)(H,67,74)(H,68,73)(H,69,81)/t33-,34+,39-,40-,41-,42+,43-,46-,47-/m0/s1. The lowest BCUT2D eigenvalue weighted by Gasteiger charge is -2.28. The fourth-order valence-corrected chi connectivity index (χ4v) is 8.60. The normalized spacial score (nSPS) is 14.6. The lowest BCUT2D eigenvalue weighted by molar-refractivity contribution is -0.146. The first kappa shape index (κ1) is 69.5. The molecule has 0 aliphatic carbocycles. The van der Waals surface area contributed by atoms with Crippen LogP contribution >= 0.6 is 11.6 Å². The maximum Gasteiger partial charge on any atom is 0.408 e. The molecule has 0 spiro atoms. The Balaban J connectivity index is 1.81. The number of benzene rings is 2. The molecule has 1 aromatic heterocycles. The van der Waals surface area contributed by atoms with Crippen molar-refractivity contribution in [2.75, 3.05) is 12.6 Å². The molecule has 2 aromatic carbocycles. The van der Waals surface area contributed by atoms with Crippen molar-refractivity contribution in [1.82, 2.24) is 52.8 Å². The third-order valence-electron chi connectivity index (χ3n) is 12.8. The number of rotatable bonds is 33. The molecule has 0 fully saturated rings. The monoisotopic (exact) mass is 1180 g/mol. The molecule has 0 bridgehead atoms. The second kappa shape index (κ2) is 34.0. The van der Waals surface area contributed by atoms with Crippen molar-refractivity contribution < 1.29 is 67.3 Å². The predicted octanol–water partition coefficient (Wildman–Crippen LogP) is 1.65. The Kier molecular flexibility index (Phi) is 28.4. The average Bonchev–Trinajstić information content (AvgIpc) is 4.04. The van der Waals surface area contributed by atoms with Gasteiger partial charge in [0.2, 0.25) is 53.2 Å². The molecule has 13 N–H and O–H groups in total. The summed E-state index contributed by atoms with van der Waals surface area (Å²) in [6.07, 6.45) is -0.115. The molecule has 26 heteroatoms. The van der Waals surface area contributed by atoms with E-state index in [1.54, 1.807) is 95.4 Å². The van der Waals surface area contributed by atoms with Gasteiger partial charge in [0, 0.05) is 36.4 Å². The van der Waals surface area contributed by atoms with Crippen LogP contribution in [0.25, 0.3) is 10.9 Å². The number of hydrogen-bond donors (Lipinski definition) is 12. The first-order chi connectivity index (χ1) is 39.0. The number of unbranched alkanes of at least 4 members (excludes halogenated alkanes) is 1. The van der Waals surface area contributed by atoms with Crippen molar-refractivity contribution in [3.05, 3.63) is 71.9 Å². The van der Waals surface area contributed by atoms with Crippen LogP contribution in [0.1, 0.15) is 119 Å². The van der Waals surface area contributed by atoms with E-state index in [4.69, 9.17) is 26.8 Å². The molecule has 0 aliphatic rings. The van der Waals surface area contributed by atoms with Crippen molar-refractivity contribution in [3.63, 3.8) is 0 Å². The van der Waals surface area contributed by atoms with Gasteiger partial charge >= 0.3 is 12.1 Å². The van der Waals surface area contributed by atoms with Crippen LogP contribution in [0.5, 0.6) is 0 Å². The summed E-state index contributed by atoms with van der Waals surface area (Å²) in [5.41, 5.74) is 6.38. The summed E-state index contributed by atoms with van der Waals surface area (Å²) in [5.74, 6) is -8.91. The van der Waals surface area contributed by atoms with Crippen LogP contribution in [0.15, 0.2) is 60.8 Å². The maximum atomic E-state index is 14.3. The number of halogens is 1. The number of para-hydroxylation sites is 1. The minimum absolute atomic E-state index is 0.0178. The largest absolute Gasteiger partial charge is 0.448 e. The van der Waals surface area contributed by atoms with Gasteiger partial charge in [-0.1, -0.05) is 108 Å². The molecule has 0 aliphatic heterocycles. The molecule has 458 valence electrons. The molecule has 3 rings (SSSR count). The van der Waals surface area contributed by atoms with E-state index in [2.05, 4.69) is 52.8 Å². The van der Waals surface area contributed by atoms with Gasteiger partial charge < -0.3 is 73.1 Å². The second-order valence-corrected chi connectivity index (χ2v) is 22.2. The third kappa shape index (κ3) is 24.3. The summed E-state index contributed by atoms with van der Waals surface area (Å²) in [7, 11) is 0. The van der Waals surface area contributed by atoms with Crippen LogP contribution in [-0.2, 0) is 70.3 Å².